The van der Waals surface area contributed by atoms with Gasteiger partial charge in [-0.2, -0.15) is 13.2 Å². The zero-order chi connectivity index (χ0) is 22.5. The number of ether oxygens (including phenoxy) is 1. The van der Waals surface area contributed by atoms with Crippen molar-refractivity contribution in [3.63, 3.8) is 0 Å². The average molecular weight is 514 g/mol. The van der Waals surface area contributed by atoms with Gasteiger partial charge in [-0.15, -0.1) is 0 Å². The van der Waals surface area contributed by atoms with Crippen LogP contribution in [0.4, 0.5) is 17.6 Å². The minimum Gasteiger partial charge on any atom is -1.00 e. The molecule has 0 aliphatic carbocycles. The molecule has 1 aromatic rings. The van der Waals surface area contributed by atoms with Gasteiger partial charge in [-0.1, -0.05) is 30.3 Å². The normalized spacial score (nSPS) is 28.2. The summed E-state index contributed by atoms with van der Waals surface area (Å²) in [4.78, 5) is 12.6. The third-order valence-corrected chi connectivity index (χ3v) is 6.69. The van der Waals surface area contributed by atoms with Gasteiger partial charge in [0, 0.05) is 25.7 Å². The van der Waals surface area contributed by atoms with Crippen LogP contribution in [0, 0.1) is 0 Å². The molecule has 3 rings (SSSR count). The van der Waals surface area contributed by atoms with Crippen LogP contribution >= 0.6 is 0 Å². The highest BCUT2D eigenvalue weighted by Crippen LogP contribution is 2.44. The number of esters is 1. The van der Waals surface area contributed by atoms with Gasteiger partial charge < -0.3 is 31.3 Å². The van der Waals surface area contributed by atoms with Crippen LogP contribution < -0.4 is 17.0 Å². The molecule has 2 aliphatic rings. The van der Waals surface area contributed by atoms with E-state index in [-0.39, 0.29) is 35.7 Å². The third-order valence-electron chi connectivity index (χ3n) is 6.69. The molecule has 2 aliphatic heterocycles. The van der Waals surface area contributed by atoms with Crippen LogP contribution in [0.5, 0.6) is 0 Å². The number of piperidine rings is 1. The van der Waals surface area contributed by atoms with Gasteiger partial charge in [0.1, 0.15) is 12.0 Å². The van der Waals surface area contributed by atoms with Crippen LogP contribution in [0.1, 0.15) is 51.0 Å². The second-order valence-corrected chi connectivity index (χ2v) is 8.63. The van der Waals surface area contributed by atoms with E-state index in [9.17, 15) is 27.5 Å². The summed E-state index contributed by atoms with van der Waals surface area (Å²) in [7, 11) is 2.37. The fraction of sp³-hybridized carbons (Fsp3) is 0.682. The Morgan fingerprint density at radius 3 is 2.03 bits per heavy atom. The summed E-state index contributed by atoms with van der Waals surface area (Å²) in [6, 6.07) is 11.2. The van der Waals surface area contributed by atoms with E-state index in [0.717, 1.165) is 22.9 Å². The van der Waals surface area contributed by atoms with Crippen molar-refractivity contribution in [3.8, 4) is 0 Å². The van der Waals surface area contributed by atoms with E-state index in [0.29, 0.717) is 18.1 Å². The molecule has 2 fully saturated rings. The van der Waals surface area contributed by atoms with Crippen molar-refractivity contribution in [2.24, 2.45) is 0 Å². The van der Waals surface area contributed by atoms with Gasteiger partial charge in [-0.3, -0.25) is 4.79 Å². The maximum absolute atomic E-state index is 12.6. The number of aliphatic hydroxyl groups is 1. The lowest BCUT2D eigenvalue weighted by atomic mass is 9.94. The number of benzene rings is 1. The van der Waals surface area contributed by atoms with Crippen molar-refractivity contribution in [1.82, 2.24) is 0 Å². The number of carbonyl (C=O) groups is 1. The van der Waals surface area contributed by atoms with E-state index in [1.54, 1.807) is 0 Å². The fourth-order valence-electron chi connectivity index (χ4n) is 4.82. The highest BCUT2D eigenvalue weighted by atomic mass is 79.9. The number of fused-ring (bicyclic) bond motifs is 2. The second-order valence-electron chi connectivity index (χ2n) is 8.63. The predicted octanol–water partition coefficient (Wildman–Crippen LogP) is 1.38. The first-order chi connectivity index (χ1) is 14.0. The number of alkyl halides is 4. The van der Waals surface area contributed by atoms with E-state index >= 15 is 0 Å². The summed E-state index contributed by atoms with van der Waals surface area (Å²) >= 11 is 0. The topological polar surface area (TPSA) is 46.5 Å². The van der Waals surface area contributed by atoms with Crippen LogP contribution in [0.2, 0.25) is 0 Å². The molecule has 1 aromatic carbocycles. The van der Waals surface area contributed by atoms with Gasteiger partial charge in [0.15, 0.2) is 6.67 Å². The Hall–Kier alpha value is -1.19. The van der Waals surface area contributed by atoms with Crippen LogP contribution in [0.3, 0.4) is 0 Å². The third kappa shape index (κ3) is 6.89. The molecule has 5 atom stereocenters. The summed E-state index contributed by atoms with van der Waals surface area (Å²) in [5.74, 6) is -0.856. The highest BCUT2D eigenvalue weighted by molar-refractivity contribution is 5.78. The van der Waals surface area contributed by atoms with Gasteiger partial charge in [0.25, 0.3) is 0 Å². The zero-order valence-electron chi connectivity index (χ0n) is 18.1. The molecular weight excluding hydrogens is 482 g/mol. The number of rotatable bonds is 5. The number of aliphatic hydroxyl groups excluding tert-OH is 1. The standard InChI is InChI=1S/C20H30NO3.C2H2F4.BrH/c1-14(2)21(3)16-9-10-17(21)12-18(11-16)24-20(23)19(13-22)15-7-5-4-6-8-15;3-1-2(4,5)6;/h4-8,14,16-19,22H,9-13H2,1-3H3;1H2;1H/q+1;;/p-1/t16-,17+,18+,19?,21?;;. The van der Waals surface area contributed by atoms with Gasteiger partial charge >= 0.3 is 12.1 Å². The van der Waals surface area contributed by atoms with Crippen LogP contribution in [0.25, 0.3) is 0 Å². The van der Waals surface area contributed by atoms with Crippen molar-refractivity contribution in [2.45, 2.75) is 75.9 Å². The largest absolute Gasteiger partial charge is 1.00 e. The number of hydrogen-bond donors (Lipinski definition) is 1. The lowest BCUT2D eigenvalue weighted by Crippen LogP contribution is -3.00. The van der Waals surface area contributed by atoms with Crippen molar-refractivity contribution in [2.75, 3.05) is 20.3 Å². The summed E-state index contributed by atoms with van der Waals surface area (Å²) in [5, 5.41) is 9.65. The number of carbonyl (C=O) groups excluding carboxylic acids is 1. The molecule has 2 heterocycles. The molecule has 1 N–H and O–H groups in total. The smallest absolute Gasteiger partial charge is 0.416 e. The van der Waals surface area contributed by atoms with Crippen molar-refractivity contribution in [3.05, 3.63) is 35.9 Å². The maximum atomic E-state index is 12.6. The van der Waals surface area contributed by atoms with E-state index in [4.69, 9.17) is 4.74 Å². The Kier molecular flexibility index (Phi) is 10.4. The monoisotopic (exact) mass is 513 g/mol. The zero-order valence-corrected chi connectivity index (χ0v) is 19.7. The van der Waals surface area contributed by atoms with E-state index in [1.165, 1.54) is 12.8 Å². The molecule has 2 unspecified atom stereocenters. The minimum absolute atomic E-state index is 0. The van der Waals surface area contributed by atoms with E-state index in [1.807, 2.05) is 30.3 Å². The van der Waals surface area contributed by atoms with Gasteiger partial charge in [-0.05, 0) is 19.4 Å². The van der Waals surface area contributed by atoms with Crippen LogP contribution in [-0.2, 0) is 9.53 Å². The number of nitrogens with zero attached hydrogens (tertiary/aromatic N) is 1. The molecule has 0 amide bonds. The second kappa shape index (κ2) is 11.6. The van der Waals surface area contributed by atoms with E-state index in [2.05, 4.69) is 20.9 Å². The minimum atomic E-state index is -4.62. The van der Waals surface area contributed by atoms with Gasteiger partial charge in [-0.25, -0.2) is 4.39 Å². The van der Waals surface area contributed by atoms with Crippen molar-refractivity contribution < 1.29 is 53.7 Å². The SMILES string of the molecule is CC(C)[N+]1(C)[C@@H]2CC[C@H]1C[C@@H](OC(=O)C(CO)c1ccccc1)C2.FCC(F)(F)F.[Br-]. The molecule has 31 heavy (non-hydrogen) atoms. The van der Waals surface area contributed by atoms with Gasteiger partial charge in [0.05, 0.1) is 31.8 Å². The fourth-order valence-corrected chi connectivity index (χ4v) is 4.82. The number of halogens is 5. The first-order valence-electron chi connectivity index (χ1n) is 10.4. The van der Waals surface area contributed by atoms with Crippen LogP contribution in [-0.4, -0.2) is 66.3 Å². The molecule has 2 saturated heterocycles. The molecule has 0 radical (unpaired) electrons. The first-order valence-corrected chi connectivity index (χ1v) is 10.4. The van der Waals surface area contributed by atoms with Gasteiger partial charge in [0.2, 0.25) is 0 Å². The molecule has 0 spiro atoms. The Morgan fingerprint density at radius 2 is 1.65 bits per heavy atom. The molecule has 2 bridgehead atoms. The summed E-state index contributed by atoms with van der Waals surface area (Å²) < 4.78 is 48.6. The predicted molar refractivity (Wildman–Crippen MR) is 106 cm³/mol. The van der Waals surface area contributed by atoms with Crippen LogP contribution in [0.15, 0.2) is 30.3 Å². The highest BCUT2D eigenvalue weighted by Gasteiger charge is 2.53. The molecule has 4 nitrogen and oxygen atoms in total. The molecular formula is C22H32BrF4NO3. The Bertz CT molecular complexity index is 673. The lowest BCUT2D eigenvalue weighted by Gasteiger charge is -2.49. The Morgan fingerprint density at radius 1 is 1.16 bits per heavy atom. The van der Waals surface area contributed by atoms with Crippen molar-refractivity contribution >= 4 is 5.97 Å². The Labute approximate surface area is 191 Å². The molecule has 0 aromatic heterocycles. The average Bonchev–Trinajstić information content (AvgIpc) is 2.87. The Balaban J connectivity index is 0.000000607. The molecule has 0 saturated carbocycles. The molecule has 9 heteroatoms. The first kappa shape index (κ1) is 27.8. The quantitative estimate of drug-likeness (QED) is 0.367. The number of quaternary nitrogens is 1. The summed E-state index contributed by atoms with van der Waals surface area (Å²) in [6.45, 7) is 2.17. The summed E-state index contributed by atoms with van der Waals surface area (Å²) in [6.07, 6.45) is -0.267. The lowest BCUT2D eigenvalue weighted by molar-refractivity contribution is -0.968. The summed E-state index contributed by atoms with van der Waals surface area (Å²) in [5.41, 5.74) is 0.826. The number of hydrogen-bond acceptors (Lipinski definition) is 3. The van der Waals surface area contributed by atoms with Crippen molar-refractivity contribution in [1.29, 1.82) is 0 Å². The van der Waals surface area contributed by atoms with E-state index < -0.39 is 18.8 Å². The molecule has 178 valence electrons. The maximum Gasteiger partial charge on any atom is 0.416 e.